The Hall–Kier alpha value is -2.99. The topological polar surface area (TPSA) is 73.6 Å². The Bertz CT molecular complexity index is 922. The number of methoxy groups -OCH3 is 1. The second-order valence-corrected chi connectivity index (χ2v) is 6.06. The van der Waals surface area contributed by atoms with Crippen LogP contribution < -0.4 is 10.1 Å². The van der Waals surface area contributed by atoms with Gasteiger partial charge in [-0.05, 0) is 25.1 Å². The number of anilines is 1. The van der Waals surface area contributed by atoms with Crippen LogP contribution in [0, 0.1) is 0 Å². The van der Waals surface area contributed by atoms with Crippen LogP contribution in [0.4, 0.5) is 5.88 Å². The summed E-state index contributed by atoms with van der Waals surface area (Å²) >= 11 is 5.93. The van der Waals surface area contributed by atoms with Gasteiger partial charge in [-0.15, -0.1) is 0 Å². The molecule has 0 amide bonds. The molecule has 0 unspecified atom stereocenters. The maximum absolute atomic E-state index is 12.3. The Kier molecular flexibility index (Phi) is 5.98. The first-order chi connectivity index (χ1) is 13.1. The molecule has 0 aliphatic carbocycles. The standard InChI is InChI=1S/C20H19ClN2O4/c1-3-26-16-7-5-4-6-14(16)12-22-19-17(20(24)25-2)18(23-27-19)13-8-10-15(21)11-9-13/h4-11,22H,3,12H2,1-2H3. The van der Waals surface area contributed by atoms with Crippen LogP contribution in [0.15, 0.2) is 53.1 Å². The molecule has 140 valence electrons. The van der Waals surface area contributed by atoms with Crippen molar-refractivity contribution in [1.29, 1.82) is 0 Å². The monoisotopic (exact) mass is 386 g/mol. The third-order valence-electron chi connectivity index (χ3n) is 3.91. The van der Waals surface area contributed by atoms with Gasteiger partial charge in [0, 0.05) is 22.7 Å². The highest BCUT2D eigenvalue weighted by atomic mass is 35.5. The molecule has 0 aliphatic rings. The lowest BCUT2D eigenvalue weighted by atomic mass is 10.1. The highest BCUT2D eigenvalue weighted by molar-refractivity contribution is 6.30. The van der Waals surface area contributed by atoms with Crippen molar-refractivity contribution in [2.75, 3.05) is 19.0 Å². The van der Waals surface area contributed by atoms with Gasteiger partial charge < -0.3 is 19.3 Å². The number of carbonyl (C=O) groups is 1. The number of para-hydroxylation sites is 1. The molecule has 0 radical (unpaired) electrons. The summed E-state index contributed by atoms with van der Waals surface area (Å²) in [5.74, 6) is 0.462. The van der Waals surface area contributed by atoms with Crippen molar-refractivity contribution < 1.29 is 18.8 Å². The van der Waals surface area contributed by atoms with E-state index < -0.39 is 5.97 Å². The van der Waals surface area contributed by atoms with Gasteiger partial charge in [-0.2, -0.15) is 0 Å². The number of carbonyl (C=O) groups excluding carboxylic acids is 1. The number of ether oxygens (including phenoxy) is 2. The van der Waals surface area contributed by atoms with Gasteiger partial charge >= 0.3 is 5.97 Å². The molecule has 1 N–H and O–H groups in total. The molecule has 0 saturated carbocycles. The third kappa shape index (κ3) is 4.23. The van der Waals surface area contributed by atoms with E-state index in [4.69, 9.17) is 25.6 Å². The minimum atomic E-state index is -0.540. The zero-order valence-electron chi connectivity index (χ0n) is 15.0. The molecule has 3 aromatic rings. The first-order valence-electron chi connectivity index (χ1n) is 8.42. The van der Waals surface area contributed by atoms with Gasteiger partial charge in [0.25, 0.3) is 0 Å². The van der Waals surface area contributed by atoms with Gasteiger partial charge in [0.2, 0.25) is 5.88 Å². The summed E-state index contributed by atoms with van der Waals surface area (Å²) in [7, 11) is 1.31. The van der Waals surface area contributed by atoms with Crippen LogP contribution in [-0.4, -0.2) is 24.8 Å². The van der Waals surface area contributed by atoms with Gasteiger partial charge in [-0.3, -0.25) is 0 Å². The predicted octanol–water partition coefficient (Wildman–Crippen LogP) is 4.79. The maximum atomic E-state index is 12.3. The first-order valence-corrected chi connectivity index (χ1v) is 8.80. The van der Waals surface area contributed by atoms with Crippen LogP contribution in [0.25, 0.3) is 11.3 Å². The summed E-state index contributed by atoms with van der Waals surface area (Å²) in [6.45, 7) is 2.89. The van der Waals surface area contributed by atoms with Crippen LogP contribution in [-0.2, 0) is 11.3 Å². The Balaban J connectivity index is 1.90. The lowest BCUT2D eigenvalue weighted by Crippen LogP contribution is -2.08. The van der Waals surface area contributed by atoms with Crippen LogP contribution in [0.1, 0.15) is 22.8 Å². The fourth-order valence-electron chi connectivity index (χ4n) is 2.63. The van der Waals surface area contributed by atoms with E-state index in [9.17, 15) is 4.79 Å². The van der Waals surface area contributed by atoms with E-state index in [1.807, 2.05) is 31.2 Å². The fraction of sp³-hybridized carbons (Fsp3) is 0.200. The average molecular weight is 387 g/mol. The van der Waals surface area contributed by atoms with Crippen LogP contribution >= 0.6 is 11.6 Å². The summed E-state index contributed by atoms with van der Waals surface area (Å²) < 4.78 is 15.9. The average Bonchev–Trinajstić information content (AvgIpc) is 3.11. The zero-order chi connectivity index (χ0) is 19.2. The zero-order valence-corrected chi connectivity index (χ0v) is 15.7. The molecular weight excluding hydrogens is 368 g/mol. The number of nitrogens with one attached hydrogen (secondary N) is 1. The Morgan fingerprint density at radius 2 is 1.93 bits per heavy atom. The highest BCUT2D eigenvalue weighted by Crippen LogP contribution is 2.31. The molecule has 2 aromatic carbocycles. The number of aromatic nitrogens is 1. The molecular formula is C20H19ClN2O4. The molecule has 1 aromatic heterocycles. The minimum Gasteiger partial charge on any atom is -0.494 e. The molecule has 27 heavy (non-hydrogen) atoms. The first kappa shape index (κ1) is 18.8. The van der Waals surface area contributed by atoms with E-state index in [1.165, 1.54) is 7.11 Å². The van der Waals surface area contributed by atoms with Gasteiger partial charge in [0.05, 0.1) is 13.7 Å². The fourth-order valence-corrected chi connectivity index (χ4v) is 2.75. The Morgan fingerprint density at radius 3 is 2.63 bits per heavy atom. The second-order valence-electron chi connectivity index (χ2n) is 5.63. The Labute approximate surface area is 162 Å². The molecule has 7 heteroatoms. The van der Waals surface area contributed by atoms with Crippen molar-refractivity contribution in [2.45, 2.75) is 13.5 Å². The van der Waals surface area contributed by atoms with Crippen LogP contribution in [0.5, 0.6) is 5.75 Å². The number of benzene rings is 2. The molecule has 3 rings (SSSR count). The van der Waals surface area contributed by atoms with Crippen molar-refractivity contribution in [1.82, 2.24) is 5.16 Å². The van der Waals surface area contributed by atoms with Crippen LogP contribution in [0.3, 0.4) is 0 Å². The van der Waals surface area contributed by atoms with Gasteiger partial charge in [-0.25, -0.2) is 4.79 Å². The van der Waals surface area contributed by atoms with E-state index in [0.29, 0.717) is 29.4 Å². The molecule has 0 atom stereocenters. The molecule has 0 bridgehead atoms. The predicted molar refractivity (Wildman–Crippen MR) is 103 cm³/mol. The molecule has 0 saturated heterocycles. The number of nitrogens with zero attached hydrogens (tertiary/aromatic N) is 1. The number of halogens is 1. The number of hydrogen-bond acceptors (Lipinski definition) is 6. The van der Waals surface area contributed by atoms with Crippen molar-refractivity contribution in [2.24, 2.45) is 0 Å². The van der Waals surface area contributed by atoms with Crippen molar-refractivity contribution in [3.8, 4) is 17.0 Å². The van der Waals surface area contributed by atoms with Crippen molar-refractivity contribution >= 4 is 23.5 Å². The smallest absolute Gasteiger partial charge is 0.345 e. The highest BCUT2D eigenvalue weighted by Gasteiger charge is 2.25. The molecule has 0 aliphatic heterocycles. The van der Waals surface area contributed by atoms with Gasteiger partial charge in [0.15, 0.2) is 5.56 Å². The van der Waals surface area contributed by atoms with E-state index >= 15 is 0 Å². The third-order valence-corrected chi connectivity index (χ3v) is 4.16. The van der Waals surface area contributed by atoms with Gasteiger partial charge in [0.1, 0.15) is 11.4 Å². The van der Waals surface area contributed by atoms with E-state index in [0.717, 1.165) is 11.3 Å². The summed E-state index contributed by atoms with van der Waals surface area (Å²) in [5, 5.41) is 7.74. The normalized spacial score (nSPS) is 10.5. The molecule has 0 spiro atoms. The molecule has 0 fully saturated rings. The largest absolute Gasteiger partial charge is 0.494 e. The summed E-state index contributed by atoms with van der Waals surface area (Å²) in [6, 6.07) is 14.6. The second kappa shape index (κ2) is 8.60. The van der Waals surface area contributed by atoms with E-state index in [1.54, 1.807) is 24.3 Å². The summed E-state index contributed by atoms with van der Waals surface area (Å²) in [5.41, 5.74) is 2.25. The Morgan fingerprint density at radius 1 is 1.19 bits per heavy atom. The number of hydrogen-bond donors (Lipinski definition) is 1. The lowest BCUT2D eigenvalue weighted by Gasteiger charge is -2.10. The van der Waals surface area contributed by atoms with Gasteiger partial charge in [-0.1, -0.05) is 47.1 Å². The summed E-state index contributed by atoms with van der Waals surface area (Å²) in [4.78, 5) is 12.3. The summed E-state index contributed by atoms with van der Waals surface area (Å²) in [6.07, 6.45) is 0. The number of esters is 1. The van der Waals surface area contributed by atoms with Crippen molar-refractivity contribution in [3.63, 3.8) is 0 Å². The maximum Gasteiger partial charge on any atom is 0.345 e. The lowest BCUT2D eigenvalue weighted by molar-refractivity contribution is 0.0602. The van der Waals surface area contributed by atoms with E-state index in [2.05, 4.69) is 10.5 Å². The van der Waals surface area contributed by atoms with E-state index in [-0.39, 0.29) is 11.4 Å². The molecule has 1 heterocycles. The SMILES string of the molecule is CCOc1ccccc1CNc1onc(-c2ccc(Cl)cc2)c1C(=O)OC. The minimum absolute atomic E-state index is 0.230. The quantitative estimate of drug-likeness (QED) is 0.588. The van der Waals surface area contributed by atoms with Crippen LogP contribution in [0.2, 0.25) is 5.02 Å². The number of rotatable bonds is 7. The van der Waals surface area contributed by atoms with Crippen molar-refractivity contribution in [3.05, 3.63) is 64.7 Å². The molecule has 6 nitrogen and oxygen atoms in total.